The number of carboxylic acids is 1. The molecule has 2 aromatic carbocycles. The number of alkyl carbamates (subject to hydrolysis) is 1. The summed E-state index contributed by atoms with van der Waals surface area (Å²) >= 11 is 0. The fourth-order valence-corrected chi connectivity index (χ4v) is 5.32. The third-order valence-electron chi connectivity index (χ3n) is 6.94. The van der Waals surface area contributed by atoms with Crippen molar-refractivity contribution < 1.29 is 24.2 Å². The van der Waals surface area contributed by atoms with Gasteiger partial charge in [-0.1, -0.05) is 62.4 Å². The summed E-state index contributed by atoms with van der Waals surface area (Å²) in [7, 11) is 0. The van der Waals surface area contributed by atoms with E-state index in [4.69, 9.17) is 9.84 Å². The number of carboxylic acid groups (broad SMARTS) is 1. The van der Waals surface area contributed by atoms with E-state index in [0.717, 1.165) is 12.8 Å². The Kier molecular flexibility index (Phi) is 7.73. The highest BCUT2D eigenvalue weighted by atomic mass is 16.5. The molecule has 0 aliphatic heterocycles. The summed E-state index contributed by atoms with van der Waals surface area (Å²) in [6, 6.07) is 16.5. The van der Waals surface area contributed by atoms with Gasteiger partial charge >= 0.3 is 12.1 Å². The Morgan fingerprint density at radius 1 is 1.00 bits per heavy atom. The van der Waals surface area contributed by atoms with Crippen LogP contribution in [0.1, 0.15) is 50.2 Å². The van der Waals surface area contributed by atoms with Crippen molar-refractivity contribution in [1.29, 1.82) is 0 Å². The maximum Gasteiger partial charge on any atom is 0.407 e. The minimum atomic E-state index is -0.988. The number of fused-ring (bicyclic) bond motifs is 3. The van der Waals surface area contributed by atoms with Crippen molar-refractivity contribution in [2.45, 2.75) is 39.0 Å². The molecule has 0 spiro atoms. The smallest absolute Gasteiger partial charge is 0.407 e. The van der Waals surface area contributed by atoms with E-state index in [1.807, 2.05) is 38.1 Å². The van der Waals surface area contributed by atoms with Gasteiger partial charge in [-0.15, -0.1) is 0 Å². The Labute approximate surface area is 206 Å². The van der Waals surface area contributed by atoms with E-state index in [2.05, 4.69) is 29.6 Å². The Morgan fingerprint density at radius 2 is 1.60 bits per heavy atom. The SMILES string of the molecule is CC(C)CN(CC(=O)O)C(=O)CC1CC(CNC(=O)OCC2c3ccccc3-c3ccccc32)C1. The second-order valence-electron chi connectivity index (χ2n) is 10.2. The van der Waals surface area contributed by atoms with Crippen LogP contribution in [-0.4, -0.2) is 54.2 Å². The maximum absolute atomic E-state index is 12.5. The van der Waals surface area contributed by atoms with Gasteiger partial charge in [0.2, 0.25) is 5.91 Å². The minimum Gasteiger partial charge on any atom is -0.480 e. The summed E-state index contributed by atoms with van der Waals surface area (Å²) in [5, 5.41) is 11.9. The molecule has 0 radical (unpaired) electrons. The van der Waals surface area contributed by atoms with Crippen LogP contribution in [0.2, 0.25) is 0 Å². The number of nitrogens with zero attached hydrogens (tertiary/aromatic N) is 1. The summed E-state index contributed by atoms with van der Waals surface area (Å²) < 4.78 is 5.59. The molecule has 2 aromatic rings. The van der Waals surface area contributed by atoms with E-state index >= 15 is 0 Å². The first-order chi connectivity index (χ1) is 16.8. The topological polar surface area (TPSA) is 95.9 Å². The number of benzene rings is 2. The molecular formula is C28H34N2O5. The number of ether oxygens (including phenoxy) is 1. The molecule has 2 amide bonds. The van der Waals surface area contributed by atoms with Crippen LogP contribution < -0.4 is 5.32 Å². The maximum atomic E-state index is 12.5. The molecule has 2 N–H and O–H groups in total. The van der Waals surface area contributed by atoms with Gasteiger partial charge in [-0.2, -0.15) is 0 Å². The number of carbonyl (C=O) groups excluding carboxylic acids is 2. The highest BCUT2D eigenvalue weighted by Gasteiger charge is 2.33. The van der Waals surface area contributed by atoms with Crippen molar-refractivity contribution in [3.8, 4) is 11.1 Å². The Morgan fingerprint density at radius 3 is 2.17 bits per heavy atom. The van der Waals surface area contributed by atoms with Gasteiger partial charge in [0.05, 0.1) is 0 Å². The zero-order valence-corrected chi connectivity index (χ0v) is 20.4. The van der Waals surface area contributed by atoms with E-state index in [0.29, 0.717) is 25.4 Å². The molecule has 1 fully saturated rings. The standard InChI is InChI=1S/C28H34N2O5/c1-18(2)15-30(16-27(32)33)26(31)13-19-11-20(12-19)14-29-28(34)35-17-25-23-9-5-3-7-21(23)22-8-4-6-10-24(22)25/h3-10,18-20,25H,11-17H2,1-2H3,(H,29,34)(H,32,33). The van der Waals surface area contributed by atoms with Crippen LogP contribution in [0.25, 0.3) is 11.1 Å². The molecule has 0 bridgehead atoms. The number of hydrogen-bond donors (Lipinski definition) is 2. The first kappa shape index (κ1) is 24.8. The van der Waals surface area contributed by atoms with E-state index in [1.54, 1.807) is 0 Å². The highest BCUT2D eigenvalue weighted by molar-refractivity contribution is 5.81. The van der Waals surface area contributed by atoms with Crippen molar-refractivity contribution in [2.24, 2.45) is 17.8 Å². The Balaban J connectivity index is 1.19. The number of amides is 2. The average molecular weight is 479 g/mol. The molecule has 0 heterocycles. The fourth-order valence-electron chi connectivity index (χ4n) is 5.32. The quantitative estimate of drug-likeness (QED) is 0.524. The van der Waals surface area contributed by atoms with Crippen molar-refractivity contribution in [3.63, 3.8) is 0 Å². The largest absolute Gasteiger partial charge is 0.480 e. The molecule has 0 unspecified atom stereocenters. The normalized spacial score (nSPS) is 18.4. The van der Waals surface area contributed by atoms with Crippen LogP contribution in [0.3, 0.4) is 0 Å². The van der Waals surface area contributed by atoms with E-state index in [9.17, 15) is 14.4 Å². The summed E-state index contributed by atoms with van der Waals surface area (Å²) in [6.45, 7) is 4.94. The zero-order chi connectivity index (χ0) is 24.9. The van der Waals surface area contributed by atoms with E-state index < -0.39 is 12.1 Å². The molecule has 35 heavy (non-hydrogen) atoms. The molecule has 7 heteroatoms. The summed E-state index contributed by atoms with van der Waals surface area (Å²) in [4.78, 5) is 37.4. The molecule has 7 nitrogen and oxygen atoms in total. The van der Waals surface area contributed by atoms with Crippen LogP contribution in [0, 0.1) is 17.8 Å². The van der Waals surface area contributed by atoms with Gasteiger partial charge < -0.3 is 20.1 Å². The first-order valence-corrected chi connectivity index (χ1v) is 12.4. The summed E-state index contributed by atoms with van der Waals surface area (Å²) in [6.07, 6.45) is 1.63. The van der Waals surface area contributed by atoms with Gasteiger partial charge in [0.1, 0.15) is 13.2 Å². The predicted octanol–water partition coefficient (Wildman–Crippen LogP) is 4.51. The molecule has 1 saturated carbocycles. The molecule has 4 rings (SSSR count). The van der Waals surface area contributed by atoms with Gasteiger partial charge in [0.25, 0.3) is 0 Å². The average Bonchev–Trinajstić information content (AvgIpc) is 3.11. The third kappa shape index (κ3) is 6.02. The molecule has 2 aliphatic rings. The van der Waals surface area contributed by atoms with E-state index in [1.165, 1.54) is 27.2 Å². The number of aliphatic carboxylic acids is 1. The highest BCUT2D eigenvalue weighted by Crippen LogP contribution is 2.44. The van der Waals surface area contributed by atoms with Crippen LogP contribution in [0.4, 0.5) is 4.79 Å². The molecule has 2 aliphatic carbocycles. The zero-order valence-electron chi connectivity index (χ0n) is 20.4. The monoisotopic (exact) mass is 478 g/mol. The molecule has 0 saturated heterocycles. The molecule has 0 atom stereocenters. The second-order valence-corrected chi connectivity index (χ2v) is 10.2. The van der Waals surface area contributed by atoms with Crippen molar-refractivity contribution in [2.75, 3.05) is 26.2 Å². The van der Waals surface area contributed by atoms with Crippen LogP contribution in [-0.2, 0) is 14.3 Å². The Hall–Kier alpha value is -3.35. The molecule has 186 valence electrons. The van der Waals surface area contributed by atoms with Crippen LogP contribution >= 0.6 is 0 Å². The lowest BCUT2D eigenvalue weighted by Crippen LogP contribution is -2.42. The number of hydrogen-bond acceptors (Lipinski definition) is 4. The van der Waals surface area contributed by atoms with Gasteiger partial charge in [0, 0.05) is 25.4 Å². The van der Waals surface area contributed by atoms with Gasteiger partial charge in [-0.25, -0.2) is 4.79 Å². The third-order valence-corrected chi connectivity index (χ3v) is 6.94. The number of rotatable bonds is 10. The van der Waals surface area contributed by atoms with Gasteiger partial charge in [-0.3, -0.25) is 9.59 Å². The van der Waals surface area contributed by atoms with Crippen molar-refractivity contribution in [3.05, 3.63) is 59.7 Å². The van der Waals surface area contributed by atoms with Crippen LogP contribution in [0.5, 0.6) is 0 Å². The van der Waals surface area contributed by atoms with Gasteiger partial charge in [0.15, 0.2) is 0 Å². The predicted molar refractivity (Wildman–Crippen MR) is 133 cm³/mol. The van der Waals surface area contributed by atoms with E-state index in [-0.39, 0.29) is 36.8 Å². The Bertz CT molecular complexity index is 1030. The fraction of sp³-hybridized carbons (Fsp3) is 0.464. The van der Waals surface area contributed by atoms with Crippen molar-refractivity contribution in [1.82, 2.24) is 10.2 Å². The summed E-state index contributed by atoms with van der Waals surface area (Å²) in [5.41, 5.74) is 4.76. The lowest BCUT2D eigenvalue weighted by atomic mass is 9.73. The van der Waals surface area contributed by atoms with Crippen LogP contribution in [0.15, 0.2) is 48.5 Å². The molecular weight excluding hydrogens is 444 g/mol. The van der Waals surface area contributed by atoms with Gasteiger partial charge in [-0.05, 0) is 52.8 Å². The first-order valence-electron chi connectivity index (χ1n) is 12.4. The number of nitrogens with one attached hydrogen (secondary N) is 1. The lowest BCUT2D eigenvalue weighted by Gasteiger charge is -2.36. The second kappa shape index (κ2) is 10.9. The lowest BCUT2D eigenvalue weighted by molar-refractivity contribution is -0.145. The minimum absolute atomic E-state index is 0.0341. The summed E-state index contributed by atoms with van der Waals surface area (Å²) in [5.74, 6) is -0.293. The number of carbonyl (C=O) groups is 3. The molecule has 0 aromatic heterocycles. The van der Waals surface area contributed by atoms with Crippen molar-refractivity contribution >= 4 is 18.0 Å².